The van der Waals surface area contributed by atoms with E-state index in [9.17, 15) is 9.90 Å². The molecule has 0 aromatic heterocycles. The molecule has 0 saturated carbocycles. The molecule has 0 aliphatic carbocycles. The van der Waals surface area contributed by atoms with Gasteiger partial charge in [-0.15, -0.1) is 0 Å². The van der Waals surface area contributed by atoms with Crippen LogP contribution in [0.5, 0.6) is 0 Å². The van der Waals surface area contributed by atoms with Crippen LogP contribution in [0.4, 0.5) is 0 Å². The summed E-state index contributed by atoms with van der Waals surface area (Å²) in [6.45, 7) is 4.47. The number of hydrogen-bond acceptors (Lipinski definition) is 3. The van der Waals surface area contributed by atoms with Gasteiger partial charge in [-0.25, -0.2) is 4.79 Å². The Morgan fingerprint density at radius 2 is 1.89 bits per heavy atom. The normalized spacial score (nSPS) is 12.8. The van der Waals surface area contributed by atoms with E-state index in [1.54, 1.807) is 0 Å². The summed E-state index contributed by atoms with van der Waals surface area (Å²) in [7, 11) is 0. The lowest BCUT2D eigenvalue weighted by Crippen LogP contribution is -2.23. The van der Waals surface area contributed by atoms with Crippen molar-refractivity contribution in [2.45, 2.75) is 71.3 Å². The van der Waals surface area contributed by atoms with Crippen LogP contribution in [-0.4, -0.2) is 23.8 Å². The molecule has 0 aromatic carbocycles. The van der Waals surface area contributed by atoms with Crippen molar-refractivity contribution >= 4 is 5.97 Å². The summed E-state index contributed by atoms with van der Waals surface area (Å²) in [5.41, 5.74) is 0. The van der Waals surface area contributed by atoms with Gasteiger partial charge in [0.2, 0.25) is 0 Å². The van der Waals surface area contributed by atoms with Crippen molar-refractivity contribution in [1.29, 1.82) is 0 Å². The lowest BCUT2D eigenvalue weighted by atomic mass is 10.1. The van der Waals surface area contributed by atoms with E-state index in [0.29, 0.717) is 13.0 Å². The third-order valence-electron chi connectivity index (χ3n) is 2.72. The van der Waals surface area contributed by atoms with E-state index < -0.39 is 12.1 Å². The maximum absolute atomic E-state index is 11.3. The second kappa shape index (κ2) is 12.6. The molecule has 0 bridgehead atoms. The van der Waals surface area contributed by atoms with Crippen molar-refractivity contribution in [3.05, 3.63) is 12.2 Å². The van der Waals surface area contributed by atoms with Gasteiger partial charge in [0.15, 0.2) is 6.10 Å². The Morgan fingerprint density at radius 1 is 1.17 bits per heavy atom. The number of esters is 1. The fourth-order valence-corrected chi connectivity index (χ4v) is 1.65. The molecule has 0 aromatic rings. The van der Waals surface area contributed by atoms with Gasteiger partial charge in [-0.3, -0.25) is 0 Å². The monoisotopic (exact) mass is 256 g/mol. The first-order chi connectivity index (χ1) is 8.72. The molecule has 0 heterocycles. The average Bonchev–Trinajstić information content (AvgIpc) is 2.38. The Bertz CT molecular complexity index is 224. The first kappa shape index (κ1) is 17.2. The summed E-state index contributed by atoms with van der Waals surface area (Å²) < 4.78 is 4.88. The van der Waals surface area contributed by atoms with Crippen LogP contribution in [0.1, 0.15) is 65.2 Å². The van der Waals surface area contributed by atoms with E-state index in [0.717, 1.165) is 38.5 Å². The number of carbonyl (C=O) groups excluding carboxylic acids is 1. The Morgan fingerprint density at radius 3 is 2.56 bits per heavy atom. The van der Waals surface area contributed by atoms with Crippen molar-refractivity contribution in [1.82, 2.24) is 0 Å². The SMILES string of the molecule is CCC=CCCCCCCC(O)C(=O)OCCC. The molecule has 1 unspecified atom stereocenters. The van der Waals surface area contributed by atoms with E-state index in [1.807, 2.05) is 6.92 Å². The van der Waals surface area contributed by atoms with Crippen molar-refractivity contribution < 1.29 is 14.6 Å². The first-order valence-electron chi connectivity index (χ1n) is 7.22. The molecule has 0 saturated heterocycles. The second-order valence-corrected chi connectivity index (χ2v) is 4.55. The summed E-state index contributed by atoms with van der Waals surface area (Å²) in [5, 5.41) is 9.53. The second-order valence-electron chi connectivity index (χ2n) is 4.55. The average molecular weight is 256 g/mol. The smallest absolute Gasteiger partial charge is 0.334 e. The standard InChI is InChI=1S/C15H28O3/c1-3-5-6-7-8-9-10-11-12-14(16)15(17)18-13-4-2/h5-6,14,16H,3-4,7-13H2,1-2H3. The quantitative estimate of drug-likeness (QED) is 0.349. The third kappa shape index (κ3) is 10.3. The van der Waals surface area contributed by atoms with Crippen LogP contribution in [0.3, 0.4) is 0 Å². The molecule has 0 aliphatic heterocycles. The molecule has 3 nitrogen and oxygen atoms in total. The number of carbonyl (C=O) groups is 1. The largest absolute Gasteiger partial charge is 0.464 e. The number of hydrogen-bond donors (Lipinski definition) is 1. The highest BCUT2D eigenvalue weighted by Crippen LogP contribution is 2.09. The van der Waals surface area contributed by atoms with Gasteiger partial charge >= 0.3 is 5.97 Å². The Kier molecular flexibility index (Phi) is 12.0. The number of unbranched alkanes of at least 4 members (excludes halogenated alkanes) is 4. The van der Waals surface area contributed by atoms with E-state index in [2.05, 4.69) is 19.1 Å². The first-order valence-corrected chi connectivity index (χ1v) is 7.22. The highest BCUT2D eigenvalue weighted by atomic mass is 16.5. The van der Waals surface area contributed by atoms with Crippen LogP contribution < -0.4 is 0 Å². The maximum Gasteiger partial charge on any atom is 0.334 e. The molecule has 3 heteroatoms. The molecule has 0 spiro atoms. The molecule has 1 N–H and O–H groups in total. The van der Waals surface area contributed by atoms with Crippen LogP contribution in [0.2, 0.25) is 0 Å². The van der Waals surface area contributed by atoms with Gasteiger partial charge in [0.1, 0.15) is 0 Å². The number of rotatable bonds is 11. The summed E-state index contributed by atoms with van der Waals surface area (Å²) >= 11 is 0. The maximum atomic E-state index is 11.3. The molecular weight excluding hydrogens is 228 g/mol. The fraction of sp³-hybridized carbons (Fsp3) is 0.800. The molecule has 0 fully saturated rings. The van der Waals surface area contributed by atoms with Crippen LogP contribution >= 0.6 is 0 Å². The Balaban J connectivity index is 3.37. The van der Waals surface area contributed by atoms with Gasteiger partial charge in [-0.1, -0.05) is 45.3 Å². The summed E-state index contributed by atoms with van der Waals surface area (Å²) in [6, 6.07) is 0. The zero-order valence-corrected chi connectivity index (χ0v) is 11.9. The molecule has 0 rings (SSSR count). The van der Waals surface area contributed by atoms with Crippen molar-refractivity contribution in [3.63, 3.8) is 0 Å². The molecule has 0 radical (unpaired) electrons. The van der Waals surface area contributed by atoms with Gasteiger partial charge in [0.25, 0.3) is 0 Å². The Labute approximate surface area is 111 Å². The zero-order chi connectivity index (χ0) is 13.6. The van der Waals surface area contributed by atoms with Crippen LogP contribution in [0.15, 0.2) is 12.2 Å². The van der Waals surface area contributed by atoms with E-state index in [4.69, 9.17) is 4.74 Å². The third-order valence-corrected chi connectivity index (χ3v) is 2.72. The molecule has 18 heavy (non-hydrogen) atoms. The topological polar surface area (TPSA) is 46.5 Å². The van der Waals surface area contributed by atoms with Gasteiger partial charge in [-0.05, 0) is 32.1 Å². The van der Waals surface area contributed by atoms with E-state index in [1.165, 1.54) is 6.42 Å². The van der Waals surface area contributed by atoms with Crippen LogP contribution in [0.25, 0.3) is 0 Å². The molecule has 106 valence electrons. The Hall–Kier alpha value is -0.830. The van der Waals surface area contributed by atoms with Crippen molar-refractivity contribution in [2.24, 2.45) is 0 Å². The minimum atomic E-state index is -0.934. The number of allylic oxidation sites excluding steroid dienone is 2. The van der Waals surface area contributed by atoms with Crippen LogP contribution in [0, 0.1) is 0 Å². The molecule has 1 atom stereocenters. The highest BCUT2D eigenvalue weighted by Gasteiger charge is 2.15. The van der Waals surface area contributed by atoms with Gasteiger partial charge in [-0.2, -0.15) is 0 Å². The number of aliphatic hydroxyl groups is 1. The summed E-state index contributed by atoms with van der Waals surface area (Å²) in [5.74, 6) is -0.470. The fourth-order valence-electron chi connectivity index (χ4n) is 1.65. The lowest BCUT2D eigenvalue weighted by Gasteiger charge is -2.09. The number of ether oxygens (including phenoxy) is 1. The molecular formula is C15H28O3. The highest BCUT2D eigenvalue weighted by molar-refractivity contribution is 5.74. The predicted molar refractivity (Wildman–Crippen MR) is 74.4 cm³/mol. The molecule has 0 amide bonds. The number of aliphatic hydroxyl groups excluding tert-OH is 1. The zero-order valence-electron chi connectivity index (χ0n) is 11.9. The van der Waals surface area contributed by atoms with E-state index in [-0.39, 0.29) is 0 Å². The summed E-state index contributed by atoms with van der Waals surface area (Å²) in [4.78, 5) is 11.3. The minimum absolute atomic E-state index is 0.402. The van der Waals surface area contributed by atoms with Crippen LogP contribution in [-0.2, 0) is 9.53 Å². The van der Waals surface area contributed by atoms with E-state index >= 15 is 0 Å². The lowest BCUT2D eigenvalue weighted by molar-refractivity contribution is -0.153. The predicted octanol–water partition coefficient (Wildman–Crippen LogP) is 3.61. The minimum Gasteiger partial charge on any atom is -0.464 e. The van der Waals surface area contributed by atoms with Crippen molar-refractivity contribution in [2.75, 3.05) is 6.61 Å². The van der Waals surface area contributed by atoms with Gasteiger partial charge < -0.3 is 9.84 Å². The van der Waals surface area contributed by atoms with Gasteiger partial charge in [0.05, 0.1) is 6.61 Å². The van der Waals surface area contributed by atoms with Gasteiger partial charge in [0, 0.05) is 0 Å². The molecule has 0 aliphatic rings. The van der Waals surface area contributed by atoms with Crippen molar-refractivity contribution in [3.8, 4) is 0 Å². The summed E-state index contributed by atoms with van der Waals surface area (Å²) in [6.07, 6.45) is 11.3.